The maximum atomic E-state index is 12.7. The lowest BCUT2D eigenvalue weighted by atomic mass is 9.98. The summed E-state index contributed by atoms with van der Waals surface area (Å²) in [6, 6.07) is 15.7. The second kappa shape index (κ2) is 9.64. The Hall–Kier alpha value is -2.47. The third-order valence-electron chi connectivity index (χ3n) is 4.99. The van der Waals surface area contributed by atoms with E-state index in [2.05, 4.69) is 21.9 Å². The van der Waals surface area contributed by atoms with Crippen molar-refractivity contribution in [3.8, 4) is 5.75 Å². The van der Waals surface area contributed by atoms with Crippen LogP contribution in [0.2, 0.25) is 0 Å². The van der Waals surface area contributed by atoms with Gasteiger partial charge in [-0.2, -0.15) is 8.78 Å². The Morgan fingerprint density at radius 3 is 2.46 bits per heavy atom. The Balaban J connectivity index is 1.73. The molecule has 4 nitrogen and oxygen atoms in total. The number of piperidine rings is 1. The average Bonchev–Trinajstić information content (AvgIpc) is 2.67. The van der Waals surface area contributed by atoms with Crippen LogP contribution in [0, 0.1) is 5.92 Å². The number of hydrogen-bond donors (Lipinski definition) is 1. The summed E-state index contributed by atoms with van der Waals surface area (Å²) in [5.74, 6) is 0.656. The van der Waals surface area contributed by atoms with Gasteiger partial charge in [-0.15, -0.1) is 0 Å². The van der Waals surface area contributed by atoms with E-state index in [1.165, 1.54) is 18.6 Å². The lowest BCUT2D eigenvalue weighted by Gasteiger charge is -2.31. The molecule has 0 saturated carbocycles. The highest BCUT2D eigenvalue weighted by atomic mass is 19.3. The topological polar surface area (TPSA) is 41.6 Å². The van der Waals surface area contributed by atoms with E-state index in [1.54, 1.807) is 12.1 Å². The predicted octanol–water partition coefficient (Wildman–Crippen LogP) is 4.23. The van der Waals surface area contributed by atoms with E-state index >= 15 is 0 Å². The van der Waals surface area contributed by atoms with Gasteiger partial charge in [0.15, 0.2) is 0 Å². The molecule has 28 heavy (non-hydrogen) atoms. The maximum absolute atomic E-state index is 12.7. The van der Waals surface area contributed by atoms with Crippen LogP contribution in [0.1, 0.15) is 36.9 Å². The Morgan fingerprint density at radius 2 is 1.82 bits per heavy atom. The minimum atomic E-state index is -2.86. The van der Waals surface area contributed by atoms with E-state index in [1.807, 2.05) is 30.3 Å². The molecule has 0 unspecified atom stereocenters. The van der Waals surface area contributed by atoms with E-state index in [0.29, 0.717) is 12.5 Å². The van der Waals surface area contributed by atoms with E-state index in [9.17, 15) is 13.6 Å². The number of halogens is 2. The van der Waals surface area contributed by atoms with Crippen LogP contribution >= 0.6 is 0 Å². The summed E-state index contributed by atoms with van der Waals surface area (Å²) < 4.78 is 29.2. The van der Waals surface area contributed by atoms with Gasteiger partial charge in [0.2, 0.25) is 5.91 Å². The number of nitrogens with zero attached hydrogens (tertiary/aromatic N) is 1. The summed E-state index contributed by atoms with van der Waals surface area (Å²) in [5, 5.41) is 3.10. The van der Waals surface area contributed by atoms with Crippen molar-refractivity contribution >= 4 is 5.91 Å². The zero-order chi connectivity index (χ0) is 19.9. The number of likely N-dealkylation sites (tertiary alicyclic amines) is 1. The van der Waals surface area contributed by atoms with Crippen molar-refractivity contribution in [2.75, 3.05) is 19.6 Å². The van der Waals surface area contributed by atoms with Gasteiger partial charge < -0.3 is 10.1 Å². The number of alkyl halides is 2. The fourth-order valence-corrected chi connectivity index (χ4v) is 3.69. The van der Waals surface area contributed by atoms with Gasteiger partial charge in [-0.1, -0.05) is 49.4 Å². The second-order valence-electron chi connectivity index (χ2n) is 7.34. The molecule has 1 aliphatic heterocycles. The van der Waals surface area contributed by atoms with Gasteiger partial charge in [-0.3, -0.25) is 9.69 Å². The fourth-order valence-electron chi connectivity index (χ4n) is 3.69. The number of amides is 1. The molecular formula is C22H26F2N2O2. The summed E-state index contributed by atoms with van der Waals surface area (Å²) in [4.78, 5) is 14.9. The van der Waals surface area contributed by atoms with Crippen LogP contribution in [0.5, 0.6) is 5.75 Å². The molecule has 0 radical (unpaired) electrons. The van der Waals surface area contributed by atoms with Crippen molar-refractivity contribution in [2.45, 2.75) is 32.4 Å². The molecule has 0 spiro atoms. The molecule has 1 saturated heterocycles. The number of nitrogens with one attached hydrogen (secondary N) is 1. The second-order valence-corrected chi connectivity index (χ2v) is 7.34. The van der Waals surface area contributed by atoms with Gasteiger partial charge in [0.25, 0.3) is 0 Å². The molecule has 2 aromatic rings. The summed E-state index contributed by atoms with van der Waals surface area (Å²) in [5.41, 5.74) is 1.75. The fraction of sp³-hybridized carbons (Fsp3) is 0.409. The molecule has 1 N–H and O–H groups in total. The molecule has 1 fully saturated rings. The Labute approximate surface area is 164 Å². The summed E-state index contributed by atoms with van der Waals surface area (Å²) in [7, 11) is 0. The Morgan fingerprint density at radius 1 is 1.14 bits per heavy atom. The normalized spacial score (nSPS) is 18.6. The quantitative estimate of drug-likeness (QED) is 0.772. The summed E-state index contributed by atoms with van der Waals surface area (Å²) in [6.07, 6.45) is 2.32. The minimum absolute atomic E-state index is 0.0455. The van der Waals surface area contributed by atoms with Crippen LogP contribution in [-0.4, -0.2) is 37.1 Å². The SMILES string of the molecule is C[C@H]1CCCN(CC(=O)N[C@@H](c2ccccc2)c2ccc(OC(F)F)cc2)C1. The van der Waals surface area contributed by atoms with Crippen molar-refractivity contribution in [3.63, 3.8) is 0 Å². The number of carbonyl (C=O) groups is 1. The monoisotopic (exact) mass is 388 g/mol. The van der Waals surface area contributed by atoms with Crippen molar-refractivity contribution in [3.05, 3.63) is 65.7 Å². The highest BCUT2D eigenvalue weighted by Gasteiger charge is 2.22. The smallest absolute Gasteiger partial charge is 0.387 e. The van der Waals surface area contributed by atoms with Gasteiger partial charge in [-0.05, 0) is 48.6 Å². The number of carbonyl (C=O) groups excluding carboxylic acids is 1. The van der Waals surface area contributed by atoms with Crippen LogP contribution in [0.15, 0.2) is 54.6 Å². The van der Waals surface area contributed by atoms with Crippen molar-refractivity contribution in [1.82, 2.24) is 10.2 Å². The highest BCUT2D eigenvalue weighted by Crippen LogP contribution is 2.25. The van der Waals surface area contributed by atoms with Crippen LogP contribution in [-0.2, 0) is 4.79 Å². The number of benzene rings is 2. The summed E-state index contributed by atoms with van der Waals surface area (Å²) in [6.45, 7) is 1.58. The van der Waals surface area contributed by atoms with Crippen molar-refractivity contribution < 1.29 is 18.3 Å². The van der Waals surface area contributed by atoms with Crippen molar-refractivity contribution in [2.24, 2.45) is 5.92 Å². The first-order valence-corrected chi connectivity index (χ1v) is 9.62. The van der Waals surface area contributed by atoms with E-state index in [4.69, 9.17) is 0 Å². The lowest BCUT2D eigenvalue weighted by molar-refractivity contribution is -0.123. The molecule has 150 valence electrons. The van der Waals surface area contributed by atoms with E-state index in [-0.39, 0.29) is 17.7 Å². The number of hydrogen-bond acceptors (Lipinski definition) is 3. The molecule has 1 aliphatic rings. The van der Waals surface area contributed by atoms with Crippen LogP contribution in [0.25, 0.3) is 0 Å². The highest BCUT2D eigenvalue weighted by molar-refractivity contribution is 5.79. The zero-order valence-electron chi connectivity index (χ0n) is 16.0. The van der Waals surface area contributed by atoms with Crippen LogP contribution in [0.3, 0.4) is 0 Å². The lowest BCUT2D eigenvalue weighted by Crippen LogP contribution is -2.43. The van der Waals surface area contributed by atoms with Gasteiger partial charge in [-0.25, -0.2) is 0 Å². The van der Waals surface area contributed by atoms with Gasteiger partial charge >= 0.3 is 6.61 Å². The third kappa shape index (κ3) is 5.76. The van der Waals surface area contributed by atoms with Crippen molar-refractivity contribution in [1.29, 1.82) is 0 Å². The predicted molar refractivity (Wildman–Crippen MR) is 104 cm³/mol. The van der Waals surface area contributed by atoms with Gasteiger partial charge in [0.05, 0.1) is 12.6 Å². The Bertz CT molecular complexity index is 753. The minimum Gasteiger partial charge on any atom is -0.435 e. The molecule has 3 rings (SSSR count). The maximum Gasteiger partial charge on any atom is 0.387 e. The number of ether oxygens (including phenoxy) is 1. The van der Waals surface area contributed by atoms with Gasteiger partial charge in [0, 0.05) is 6.54 Å². The van der Waals surface area contributed by atoms with Crippen LogP contribution in [0.4, 0.5) is 8.78 Å². The molecule has 0 aliphatic carbocycles. The van der Waals surface area contributed by atoms with E-state index < -0.39 is 6.61 Å². The first-order chi connectivity index (χ1) is 13.5. The molecular weight excluding hydrogens is 362 g/mol. The third-order valence-corrected chi connectivity index (χ3v) is 4.99. The molecule has 2 aromatic carbocycles. The Kier molecular flexibility index (Phi) is 6.98. The first-order valence-electron chi connectivity index (χ1n) is 9.62. The standard InChI is InChI=1S/C22H26F2N2O2/c1-16-6-5-13-26(14-16)15-20(27)25-21(17-7-3-2-4-8-17)18-9-11-19(12-10-18)28-22(23)24/h2-4,7-12,16,21-22H,5-6,13-15H2,1H3,(H,25,27)/t16-,21-/m0/s1. The van der Waals surface area contributed by atoms with Gasteiger partial charge in [0.1, 0.15) is 5.75 Å². The zero-order valence-corrected chi connectivity index (χ0v) is 16.0. The number of rotatable bonds is 7. The average molecular weight is 388 g/mol. The molecule has 1 amide bonds. The molecule has 2 atom stereocenters. The molecule has 0 bridgehead atoms. The van der Waals surface area contributed by atoms with E-state index in [0.717, 1.165) is 30.6 Å². The molecule has 6 heteroatoms. The summed E-state index contributed by atoms with van der Waals surface area (Å²) >= 11 is 0. The molecule has 1 heterocycles. The first kappa shape index (κ1) is 20.3. The largest absolute Gasteiger partial charge is 0.435 e. The molecule has 0 aromatic heterocycles. The van der Waals surface area contributed by atoms with Crippen LogP contribution < -0.4 is 10.1 Å².